The number of rotatable bonds is 7. The van der Waals surface area contributed by atoms with E-state index in [1.54, 1.807) is 19.1 Å². The molecule has 1 rings (SSSR count). The van der Waals surface area contributed by atoms with Crippen LogP contribution in [0.25, 0.3) is 0 Å². The molecule has 5 nitrogen and oxygen atoms in total. The number of urea groups is 1. The molecule has 0 aliphatic heterocycles. The average molecular weight is 301 g/mol. The zero-order chi connectivity index (χ0) is 15.0. The molecule has 2 atom stereocenters. The number of halogens is 1. The highest BCUT2D eigenvalue weighted by molar-refractivity contribution is 6.32. The third-order valence-corrected chi connectivity index (χ3v) is 2.95. The molecule has 3 N–H and O–H groups in total. The van der Waals surface area contributed by atoms with Crippen molar-refractivity contribution in [1.29, 1.82) is 0 Å². The molecule has 20 heavy (non-hydrogen) atoms. The average Bonchev–Trinajstić information content (AvgIpc) is 2.43. The van der Waals surface area contributed by atoms with Gasteiger partial charge in [-0.05, 0) is 25.5 Å². The number of hydrogen-bond acceptors (Lipinski definition) is 3. The largest absolute Gasteiger partial charge is 0.487 e. The van der Waals surface area contributed by atoms with Crippen molar-refractivity contribution in [3.05, 3.63) is 29.3 Å². The van der Waals surface area contributed by atoms with Crippen LogP contribution in [-0.4, -0.2) is 36.4 Å². The Labute approximate surface area is 124 Å². The Morgan fingerprint density at radius 1 is 1.35 bits per heavy atom. The first-order chi connectivity index (χ1) is 9.52. The second kappa shape index (κ2) is 8.66. The molecule has 1 aromatic rings. The van der Waals surface area contributed by atoms with E-state index in [2.05, 4.69) is 10.6 Å². The third kappa shape index (κ3) is 6.12. The SMILES string of the molecule is CCC(CNC(=O)NC[C@@H](C)O)Oc1ccccc1Cl. The highest BCUT2D eigenvalue weighted by atomic mass is 35.5. The molecule has 1 unspecified atom stereocenters. The Bertz CT molecular complexity index is 427. The lowest BCUT2D eigenvalue weighted by atomic mass is 10.2. The van der Waals surface area contributed by atoms with Crippen molar-refractivity contribution in [1.82, 2.24) is 10.6 Å². The molecule has 0 spiro atoms. The van der Waals surface area contributed by atoms with Crippen LogP contribution in [0.3, 0.4) is 0 Å². The quantitative estimate of drug-likeness (QED) is 0.723. The number of aliphatic hydroxyl groups is 1. The van der Waals surface area contributed by atoms with Crippen molar-refractivity contribution in [3.8, 4) is 5.75 Å². The summed E-state index contributed by atoms with van der Waals surface area (Å²) >= 11 is 6.02. The van der Waals surface area contributed by atoms with Crippen LogP contribution in [-0.2, 0) is 0 Å². The van der Waals surface area contributed by atoms with Crippen LogP contribution in [0.5, 0.6) is 5.75 Å². The second-order valence-corrected chi connectivity index (χ2v) is 4.93. The lowest BCUT2D eigenvalue weighted by Gasteiger charge is -2.19. The van der Waals surface area contributed by atoms with E-state index in [0.29, 0.717) is 17.3 Å². The molecular weight excluding hydrogens is 280 g/mol. The standard InChI is InChI=1S/C14H21ClN2O3/c1-3-11(9-17-14(19)16-8-10(2)18)20-13-7-5-4-6-12(13)15/h4-7,10-11,18H,3,8-9H2,1-2H3,(H2,16,17,19)/t10-,11?/m1/s1. The maximum Gasteiger partial charge on any atom is 0.315 e. The van der Waals surface area contributed by atoms with Gasteiger partial charge < -0.3 is 20.5 Å². The first-order valence-electron chi connectivity index (χ1n) is 6.63. The summed E-state index contributed by atoms with van der Waals surface area (Å²) in [6.07, 6.45) is 0.0105. The zero-order valence-electron chi connectivity index (χ0n) is 11.7. The van der Waals surface area contributed by atoms with Gasteiger partial charge in [-0.25, -0.2) is 4.79 Å². The maximum absolute atomic E-state index is 11.5. The molecule has 0 bridgehead atoms. The maximum atomic E-state index is 11.5. The van der Waals surface area contributed by atoms with Gasteiger partial charge in [0.25, 0.3) is 0 Å². The molecule has 0 saturated carbocycles. The van der Waals surface area contributed by atoms with Crippen molar-refractivity contribution >= 4 is 17.6 Å². The smallest absolute Gasteiger partial charge is 0.315 e. The minimum atomic E-state index is -0.568. The van der Waals surface area contributed by atoms with Crippen molar-refractivity contribution < 1.29 is 14.6 Å². The predicted octanol–water partition coefficient (Wildman–Crippen LogP) is 2.18. The van der Waals surface area contributed by atoms with Gasteiger partial charge in [0.05, 0.1) is 17.7 Å². The highest BCUT2D eigenvalue weighted by Gasteiger charge is 2.12. The van der Waals surface area contributed by atoms with Crippen LogP contribution in [0.1, 0.15) is 20.3 Å². The normalized spacial score (nSPS) is 13.4. The van der Waals surface area contributed by atoms with Crippen molar-refractivity contribution in [3.63, 3.8) is 0 Å². The van der Waals surface area contributed by atoms with E-state index >= 15 is 0 Å². The van der Waals surface area contributed by atoms with Crippen LogP contribution in [0.4, 0.5) is 4.79 Å². The number of carbonyl (C=O) groups excluding carboxylic acids is 1. The highest BCUT2D eigenvalue weighted by Crippen LogP contribution is 2.24. The number of nitrogens with one attached hydrogen (secondary N) is 2. The van der Waals surface area contributed by atoms with E-state index in [-0.39, 0.29) is 18.7 Å². The number of hydrogen-bond donors (Lipinski definition) is 3. The molecule has 0 aromatic heterocycles. The molecule has 0 saturated heterocycles. The molecule has 0 radical (unpaired) electrons. The van der Waals surface area contributed by atoms with Crippen LogP contribution in [0, 0.1) is 0 Å². The van der Waals surface area contributed by atoms with Crippen molar-refractivity contribution in [2.45, 2.75) is 32.5 Å². The fourth-order valence-electron chi connectivity index (χ4n) is 1.50. The summed E-state index contributed by atoms with van der Waals surface area (Å²) in [5.74, 6) is 0.604. The summed E-state index contributed by atoms with van der Waals surface area (Å²) in [6.45, 7) is 4.16. The van der Waals surface area contributed by atoms with E-state index < -0.39 is 6.10 Å². The minimum Gasteiger partial charge on any atom is -0.487 e. The van der Waals surface area contributed by atoms with Crippen LogP contribution >= 0.6 is 11.6 Å². The van der Waals surface area contributed by atoms with Gasteiger partial charge in [0.2, 0.25) is 0 Å². The fraction of sp³-hybridized carbons (Fsp3) is 0.500. The molecule has 6 heteroatoms. The third-order valence-electron chi connectivity index (χ3n) is 2.63. The van der Waals surface area contributed by atoms with E-state index in [1.165, 1.54) is 0 Å². The van der Waals surface area contributed by atoms with Crippen LogP contribution < -0.4 is 15.4 Å². The molecule has 0 heterocycles. The van der Waals surface area contributed by atoms with Crippen LogP contribution in [0.2, 0.25) is 5.02 Å². The molecule has 2 amide bonds. The lowest BCUT2D eigenvalue weighted by molar-refractivity contribution is 0.179. The Morgan fingerprint density at radius 3 is 2.60 bits per heavy atom. The van der Waals surface area contributed by atoms with E-state index in [1.807, 2.05) is 19.1 Å². The van der Waals surface area contributed by atoms with Gasteiger partial charge in [0.1, 0.15) is 11.9 Å². The Kier molecular flexibility index (Phi) is 7.18. The van der Waals surface area contributed by atoms with Gasteiger partial charge >= 0.3 is 6.03 Å². The summed E-state index contributed by atoms with van der Waals surface area (Å²) in [4.78, 5) is 11.5. The second-order valence-electron chi connectivity index (χ2n) is 4.52. The van der Waals surface area contributed by atoms with Gasteiger partial charge in [0, 0.05) is 6.54 Å². The Balaban J connectivity index is 2.40. The number of ether oxygens (including phenoxy) is 1. The summed E-state index contributed by atoms with van der Waals surface area (Å²) < 4.78 is 5.75. The van der Waals surface area contributed by atoms with E-state index in [9.17, 15) is 4.79 Å². The lowest BCUT2D eigenvalue weighted by Crippen LogP contribution is -2.43. The number of benzene rings is 1. The van der Waals surface area contributed by atoms with Crippen LogP contribution in [0.15, 0.2) is 24.3 Å². The zero-order valence-corrected chi connectivity index (χ0v) is 12.5. The number of carbonyl (C=O) groups is 1. The summed E-state index contributed by atoms with van der Waals surface area (Å²) in [5.41, 5.74) is 0. The number of amides is 2. The predicted molar refractivity (Wildman–Crippen MR) is 79.2 cm³/mol. The van der Waals surface area contributed by atoms with E-state index in [0.717, 1.165) is 6.42 Å². The van der Waals surface area contributed by atoms with Gasteiger partial charge in [0.15, 0.2) is 0 Å². The molecule has 0 fully saturated rings. The van der Waals surface area contributed by atoms with Gasteiger partial charge in [-0.15, -0.1) is 0 Å². The molecule has 112 valence electrons. The molecule has 1 aromatic carbocycles. The van der Waals surface area contributed by atoms with Crippen molar-refractivity contribution in [2.24, 2.45) is 0 Å². The summed E-state index contributed by atoms with van der Waals surface area (Å²) in [6, 6.07) is 6.89. The number of para-hydroxylation sites is 1. The molecule has 0 aliphatic rings. The molecular formula is C14H21ClN2O3. The first kappa shape index (κ1) is 16.6. The first-order valence-corrected chi connectivity index (χ1v) is 7.01. The van der Waals surface area contributed by atoms with Gasteiger partial charge in [-0.1, -0.05) is 30.7 Å². The van der Waals surface area contributed by atoms with Gasteiger partial charge in [-0.2, -0.15) is 0 Å². The summed E-state index contributed by atoms with van der Waals surface area (Å²) in [7, 11) is 0. The monoisotopic (exact) mass is 300 g/mol. The van der Waals surface area contributed by atoms with Crippen molar-refractivity contribution in [2.75, 3.05) is 13.1 Å². The summed E-state index contributed by atoms with van der Waals surface area (Å²) in [5, 5.41) is 14.9. The number of aliphatic hydroxyl groups excluding tert-OH is 1. The Hall–Kier alpha value is -1.46. The van der Waals surface area contributed by atoms with E-state index in [4.69, 9.17) is 21.4 Å². The van der Waals surface area contributed by atoms with Gasteiger partial charge in [-0.3, -0.25) is 0 Å². The fourth-order valence-corrected chi connectivity index (χ4v) is 1.68. The molecule has 0 aliphatic carbocycles. The Morgan fingerprint density at radius 2 is 2.00 bits per heavy atom. The minimum absolute atomic E-state index is 0.160. The topological polar surface area (TPSA) is 70.6 Å².